The molecular formula is C33H32ClN3O3. The topological polar surface area (TPSA) is 72.4 Å². The highest BCUT2D eigenvalue weighted by atomic mass is 35.5. The van der Waals surface area contributed by atoms with Crippen molar-refractivity contribution in [3.8, 4) is 11.3 Å². The minimum absolute atomic E-state index is 0.0402. The van der Waals surface area contributed by atoms with Gasteiger partial charge in [0.25, 0.3) is 5.91 Å². The Hall–Kier alpha value is -3.77. The number of nitrogens with zero attached hydrogens (tertiary/aromatic N) is 3. The van der Waals surface area contributed by atoms with Gasteiger partial charge in [-0.3, -0.25) is 9.59 Å². The average molecular weight is 554 g/mol. The summed E-state index contributed by atoms with van der Waals surface area (Å²) in [6, 6.07) is 23.8. The third kappa shape index (κ3) is 5.46. The molecule has 0 unspecified atom stereocenters. The molecular weight excluding hydrogens is 522 g/mol. The molecule has 0 N–H and O–H groups in total. The third-order valence-corrected chi connectivity index (χ3v) is 8.66. The highest BCUT2D eigenvalue weighted by Crippen LogP contribution is 2.38. The monoisotopic (exact) mass is 553 g/mol. The molecule has 0 radical (unpaired) electrons. The van der Waals surface area contributed by atoms with Crippen LogP contribution in [0.3, 0.4) is 0 Å². The van der Waals surface area contributed by atoms with Crippen molar-refractivity contribution in [3.63, 3.8) is 0 Å². The molecule has 204 valence electrons. The van der Waals surface area contributed by atoms with Gasteiger partial charge in [-0.2, -0.15) is 0 Å². The van der Waals surface area contributed by atoms with Crippen LogP contribution in [0.15, 0.2) is 72.8 Å². The number of hydrogen-bond donors (Lipinski definition) is 0. The van der Waals surface area contributed by atoms with Gasteiger partial charge in [0.2, 0.25) is 0 Å². The quantitative estimate of drug-likeness (QED) is 0.248. The van der Waals surface area contributed by atoms with Crippen LogP contribution in [0.5, 0.6) is 0 Å². The van der Waals surface area contributed by atoms with E-state index in [1.807, 2.05) is 53.4 Å². The summed E-state index contributed by atoms with van der Waals surface area (Å²) in [5.41, 5.74) is 6.07. The summed E-state index contributed by atoms with van der Waals surface area (Å²) in [7, 11) is 1.44. The Morgan fingerprint density at radius 3 is 2.35 bits per heavy atom. The Kier molecular flexibility index (Phi) is 7.53. The molecule has 6 nitrogen and oxygen atoms in total. The van der Waals surface area contributed by atoms with Crippen LogP contribution in [-0.2, 0) is 16.0 Å². The first kappa shape index (κ1) is 26.5. The predicted octanol–water partition coefficient (Wildman–Crippen LogP) is 6.71. The second-order valence-corrected chi connectivity index (χ2v) is 11.4. The fourth-order valence-corrected chi connectivity index (χ4v) is 6.19. The molecule has 2 aliphatic rings. The molecule has 4 aromatic rings. The largest absolute Gasteiger partial charge is 0.469 e. The number of ether oxygens (including phenoxy) is 1. The zero-order chi connectivity index (χ0) is 27.6. The lowest BCUT2D eigenvalue weighted by atomic mass is 9.72. The predicted molar refractivity (Wildman–Crippen MR) is 156 cm³/mol. The van der Waals surface area contributed by atoms with Gasteiger partial charge < -0.3 is 9.64 Å². The molecule has 1 aliphatic heterocycles. The number of benzene rings is 3. The van der Waals surface area contributed by atoms with Gasteiger partial charge in [-0.1, -0.05) is 54.1 Å². The molecule has 2 heterocycles. The van der Waals surface area contributed by atoms with Gasteiger partial charge in [0.1, 0.15) is 0 Å². The summed E-state index contributed by atoms with van der Waals surface area (Å²) in [6.07, 6.45) is 4.20. The Morgan fingerprint density at radius 2 is 1.65 bits per heavy atom. The summed E-state index contributed by atoms with van der Waals surface area (Å²) < 4.78 is 4.91. The van der Waals surface area contributed by atoms with E-state index in [1.54, 1.807) is 0 Å². The van der Waals surface area contributed by atoms with Crippen molar-refractivity contribution in [1.82, 2.24) is 14.9 Å². The van der Waals surface area contributed by atoms with Crippen LogP contribution in [0.25, 0.3) is 22.3 Å². The van der Waals surface area contributed by atoms with Crippen molar-refractivity contribution in [2.24, 2.45) is 11.8 Å². The number of aromatic nitrogens is 2. The van der Waals surface area contributed by atoms with E-state index >= 15 is 0 Å². The Bertz CT molecular complexity index is 1530. The van der Waals surface area contributed by atoms with E-state index in [4.69, 9.17) is 26.3 Å². The molecule has 1 aromatic heterocycles. The van der Waals surface area contributed by atoms with Crippen molar-refractivity contribution in [3.05, 3.63) is 94.6 Å². The van der Waals surface area contributed by atoms with Crippen molar-refractivity contribution in [1.29, 1.82) is 0 Å². The van der Waals surface area contributed by atoms with E-state index in [2.05, 4.69) is 24.3 Å². The van der Waals surface area contributed by atoms with E-state index in [0.29, 0.717) is 34.4 Å². The van der Waals surface area contributed by atoms with Crippen LogP contribution in [-0.4, -0.2) is 46.9 Å². The van der Waals surface area contributed by atoms with Gasteiger partial charge in [-0.25, -0.2) is 9.97 Å². The number of carbonyl (C=O) groups excluding carboxylic acids is 2. The fraction of sp³-hybridized carbons (Fsp3) is 0.333. The molecule has 1 amide bonds. The van der Waals surface area contributed by atoms with Crippen LogP contribution in [0, 0.1) is 11.8 Å². The molecule has 40 heavy (non-hydrogen) atoms. The van der Waals surface area contributed by atoms with Crippen molar-refractivity contribution < 1.29 is 14.3 Å². The minimum atomic E-state index is -0.144. The van der Waals surface area contributed by atoms with Gasteiger partial charge in [0.15, 0.2) is 0 Å². The maximum atomic E-state index is 13.5. The Morgan fingerprint density at radius 1 is 0.925 bits per heavy atom. The number of methoxy groups -OCH3 is 1. The number of likely N-dealkylation sites (tertiary alicyclic amines) is 1. The van der Waals surface area contributed by atoms with E-state index in [9.17, 15) is 9.59 Å². The van der Waals surface area contributed by atoms with Gasteiger partial charge >= 0.3 is 5.97 Å². The summed E-state index contributed by atoms with van der Waals surface area (Å²) in [5.74, 6) is 0.676. The normalized spacial score (nSPS) is 19.3. The number of rotatable bonds is 6. The van der Waals surface area contributed by atoms with E-state index in [1.165, 1.54) is 12.7 Å². The molecule has 0 spiro atoms. The van der Waals surface area contributed by atoms with Crippen LogP contribution in [0.2, 0.25) is 5.02 Å². The standard InChI is InChI=1S/C33H32ClN3O3/c1-40-33(39)26-17-21(18-26)19-30-31(24-7-10-27(34)11-8-24)36-28-12-9-25(20-29(28)35-30)32(38)37-15-13-23(14-16-37)22-5-3-2-4-6-22/h2-12,20-21,23,26H,13-19H2,1H3. The first-order valence-electron chi connectivity index (χ1n) is 14.0. The molecule has 1 saturated carbocycles. The number of piperidine rings is 1. The Labute approximate surface area is 239 Å². The molecule has 3 aromatic carbocycles. The van der Waals surface area contributed by atoms with E-state index in [-0.39, 0.29) is 17.8 Å². The lowest BCUT2D eigenvalue weighted by Crippen LogP contribution is -2.37. The number of hydrogen-bond acceptors (Lipinski definition) is 5. The van der Waals surface area contributed by atoms with Crippen molar-refractivity contribution in [2.75, 3.05) is 20.2 Å². The Balaban J connectivity index is 1.24. The number of carbonyl (C=O) groups is 2. The third-order valence-electron chi connectivity index (χ3n) is 8.41. The minimum Gasteiger partial charge on any atom is -0.469 e. The lowest BCUT2D eigenvalue weighted by Gasteiger charge is -2.33. The van der Waals surface area contributed by atoms with Crippen LogP contribution < -0.4 is 0 Å². The highest BCUT2D eigenvalue weighted by molar-refractivity contribution is 6.30. The molecule has 1 aliphatic carbocycles. The molecule has 0 atom stereocenters. The maximum Gasteiger partial charge on any atom is 0.308 e. The smallest absolute Gasteiger partial charge is 0.308 e. The molecule has 7 heteroatoms. The van der Waals surface area contributed by atoms with Gasteiger partial charge in [0.05, 0.1) is 35.4 Å². The number of amides is 1. The van der Waals surface area contributed by atoms with Crippen LogP contribution in [0.4, 0.5) is 0 Å². The maximum absolute atomic E-state index is 13.5. The SMILES string of the molecule is COC(=O)C1CC(Cc2nc3cc(C(=O)N4CCC(c5ccccc5)CC4)ccc3nc2-c2ccc(Cl)cc2)C1. The molecule has 0 bridgehead atoms. The number of halogens is 1. The first-order valence-corrected chi connectivity index (χ1v) is 14.3. The fourth-order valence-electron chi connectivity index (χ4n) is 6.06. The summed E-state index contributed by atoms with van der Waals surface area (Å²) in [5, 5.41) is 0.662. The first-order chi connectivity index (χ1) is 19.5. The highest BCUT2D eigenvalue weighted by Gasteiger charge is 2.36. The molecule has 6 rings (SSSR count). The molecule has 1 saturated heterocycles. The second-order valence-electron chi connectivity index (χ2n) is 11.0. The van der Waals surface area contributed by atoms with Gasteiger partial charge in [0, 0.05) is 29.2 Å². The summed E-state index contributed by atoms with van der Waals surface area (Å²) in [6.45, 7) is 1.48. The van der Waals surface area contributed by atoms with E-state index in [0.717, 1.165) is 61.2 Å². The number of esters is 1. The van der Waals surface area contributed by atoms with Crippen molar-refractivity contribution >= 4 is 34.5 Å². The van der Waals surface area contributed by atoms with Crippen LogP contribution >= 0.6 is 11.6 Å². The summed E-state index contributed by atoms with van der Waals surface area (Å²) in [4.78, 5) is 37.4. The zero-order valence-electron chi connectivity index (χ0n) is 22.6. The van der Waals surface area contributed by atoms with Gasteiger partial charge in [-0.15, -0.1) is 0 Å². The average Bonchev–Trinajstić information content (AvgIpc) is 2.98. The molecule has 2 fully saturated rings. The van der Waals surface area contributed by atoms with Crippen molar-refractivity contribution in [2.45, 2.75) is 38.0 Å². The zero-order valence-corrected chi connectivity index (χ0v) is 23.3. The summed E-state index contributed by atoms with van der Waals surface area (Å²) >= 11 is 6.14. The van der Waals surface area contributed by atoms with E-state index < -0.39 is 0 Å². The van der Waals surface area contributed by atoms with Gasteiger partial charge in [-0.05, 0) is 79.8 Å². The van der Waals surface area contributed by atoms with Crippen LogP contribution in [0.1, 0.15) is 53.2 Å². The number of fused-ring (bicyclic) bond motifs is 1. The second kappa shape index (κ2) is 11.4. The lowest BCUT2D eigenvalue weighted by molar-refractivity contribution is -0.150.